The Hall–Kier alpha value is -10.4. The lowest BCUT2D eigenvalue weighted by atomic mass is 10.1. The van der Waals surface area contributed by atoms with Crippen LogP contribution in [0.4, 0.5) is 26.3 Å². The third-order valence-corrected chi connectivity index (χ3v) is 17.4. The van der Waals surface area contributed by atoms with E-state index in [-0.39, 0.29) is 56.7 Å². The Morgan fingerprint density at radius 2 is 0.590 bits per heavy atom. The molecule has 100 heavy (non-hydrogen) atoms. The standard InChI is InChI=1S/C19H13ClF3NO3.C19H13ClF3NO2.C19H16ClNO3.C19H16ClNO2/c1-10-2-7-15-13(8-10)14(9-16(25)26)17(19(21,22)23)24(15)18(27)11-3-5-12(20)6-4-11;1-11-2-7-16-15(10-11)14(8-9-25)17(19(21,22)23)24(16)18(26)12-3-5-13(20)6-4-12;1-11-3-8-17-16(9-11)15(10-18(22)23)12(2)21(17)19(24)13-4-6-14(20)7-5-13;1-12-3-8-18-17(11-12)16(9-10-22)13(2)21(18)19(23)14-4-6-15(20)7-5-14/h2-8H,9H2,1H3,(H,25,26);2-7,9-10H,8H2,1H3;3-9H,10H2,1-2H3,(H,22,23);3-8,10-11H,9H2,1-2H3. The number of aldehydes is 2. The van der Waals surface area contributed by atoms with E-state index in [9.17, 15) is 69.8 Å². The third kappa shape index (κ3) is 15.9. The molecule has 0 spiro atoms. The molecule has 0 saturated heterocycles. The van der Waals surface area contributed by atoms with E-state index in [1.54, 1.807) is 96.6 Å². The van der Waals surface area contributed by atoms with Gasteiger partial charge >= 0.3 is 24.3 Å². The van der Waals surface area contributed by atoms with E-state index in [1.165, 1.54) is 66.7 Å². The van der Waals surface area contributed by atoms with Crippen molar-refractivity contribution in [1.82, 2.24) is 18.3 Å². The Balaban J connectivity index is 0.000000156. The van der Waals surface area contributed by atoms with Crippen molar-refractivity contribution in [2.75, 3.05) is 0 Å². The van der Waals surface area contributed by atoms with E-state index in [0.717, 1.165) is 50.5 Å². The van der Waals surface area contributed by atoms with Crippen LogP contribution in [0.1, 0.15) is 109 Å². The number of fused-ring (bicyclic) bond motifs is 4. The van der Waals surface area contributed by atoms with Crippen LogP contribution in [-0.4, -0.2) is 76.6 Å². The number of carbonyl (C=O) groups excluding carboxylic acids is 6. The van der Waals surface area contributed by atoms with Crippen molar-refractivity contribution >= 4 is 138 Å². The average molecular weight is 1440 g/mol. The zero-order chi connectivity index (χ0) is 73.0. The zero-order valence-corrected chi connectivity index (χ0v) is 56.9. The fourth-order valence-corrected chi connectivity index (χ4v) is 12.4. The molecular weight excluding hydrogens is 1380 g/mol. The largest absolute Gasteiger partial charge is 0.481 e. The summed E-state index contributed by atoms with van der Waals surface area (Å²) in [5.41, 5.74) is 6.29. The summed E-state index contributed by atoms with van der Waals surface area (Å²) in [5.74, 6) is -4.40. The molecule has 0 aliphatic carbocycles. The summed E-state index contributed by atoms with van der Waals surface area (Å²) >= 11 is 23.3. The highest BCUT2D eigenvalue weighted by atomic mass is 35.5. The minimum Gasteiger partial charge on any atom is -0.481 e. The maximum Gasteiger partial charge on any atom is 0.432 e. The molecule has 0 unspecified atom stereocenters. The highest BCUT2D eigenvalue weighted by Gasteiger charge is 2.43. The number of aromatic nitrogens is 4. The van der Waals surface area contributed by atoms with Crippen molar-refractivity contribution < 1.29 is 74.9 Å². The SMILES string of the molecule is Cc1ccc2c(c1)c(CC(=O)O)c(C(F)(F)F)n2C(=O)c1ccc(Cl)cc1.Cc1ccc2c(c1)c(CC(=O)O)c(C)n2C(=O)c1ccc(Cl)cc1.Cc1ccc2c(c1)c(CC=O)c(C(F)(F)F)n2C(=O)c1ccc(Cl)cc1.Cc1ccc2c(c1)c(CC=O)c(C)n2C(=O)c1ccc(Cl)cc1. The first kappa shape index (κ1) is 73.9. The summed E-state index contributed by atoms with van der Waals surface area (Å²) in [5, 5.41) is 22.3. The number of carboxylic acid groups (broad SMARTS) is 2. The lowest BCUT2D eigenvalue weighted by Crippen LogP contribution is -2.22. The summed E-state index contributed by atoms with van der Waals surface area (Å²) in [6, 6.07) is 45.2. The number of hydrogen-bond donors (Lipinski definition) is 2. The second-order valence-corrected chi connectivity index (χ2v) is 25.1. The van der Waals surface area contributed by atoms with Crippen molar-refractivity contribution in [3.63, 3.8) is 0 Å². The van der Waals surface area contributed by atoms with E-state index in [4.69, 9.17) is 51.5 Å². The monoisotopic (exact) mass is 1440 g/mol. The second-order valence-electron chi connectivity index (χ2n) is 23.3. The van der Waals surface area contributed by atoms with Gasteiger partial charge in [-0.1, -0.05) is 92.9 Å². The number of rotatable bonds is 12. The van der Waals surface area contributed by atoms with Crippen LogP contribution < -0.4 is 0 Å². The van der Waals surface area contributed by atoms with Gasteiger partial charge in [0.25, 0.3) is 23.6 Å². The molecule has 8 aromatic carbocycles. The number of halogens is 10. The van der Waals surface area contributed by atoms with E-state index >= 15 is 0 Å². The highest BCUT2D eigenvalue weighted by molar-refractivity contribution is 6.31. The third-order valence-electron chi connectivity index (χ3n) is 16.4. The molecule has 0 radical (unpaired) electrons. The predicted octanol–water partition coefficient (Wildman–Crippen LogP) is 18.6. The first-order valence-electron chi connectivity index (χ1n) is 30.4. The van der Waals surface area contributed by atoms with E-state index in [2.05, 4.69) is 0 Å². The van der Waals surface area contributed by atoms with Crippen LogP contribution in [0.3, 0.4) is 0 Å². The topological polar surface area (TPSA) is 197 Å². The van der Waals surface area contributed by atoms with Crippen LogP contribution in [0.25, 0.3) is 43.6 Å². The molecule has 2 N–H and O–H groups in total. The number of aliphatic carboxylic acids is 2. The number of carbonyl (C=O) groups is 8. The molecule has 0 atom stereocenters. The first-order valence-corrected chi connectivity index (χ1v) is 31.9. The molecule has 0 aliphatic rings. The summed E-state index contributed by atoms with van der Waals surface area (Å²) in [4.78, 5) is 96.1. The van der Waals surface area contributed by atoms with Gasteiger partial charge < -0.3 is 19.8 Å². The normalized spacial score (nSPS) is 11.4. The summed E-state index contributed by atoms with van der Waals surface area (Å²) < 4.78 is 87.4. The zero-order valence-electron chi connectivity index (χ0n) is 53.9. The second kappa shape index (κ2) is 30.4. The minimum absolute atomic E-state index is 0.00382. The van der Waals surface area contributed by atoms with Crippen molar-refractivity contribution in [2.45, 2.75) is 79.6 Å². The Morgan fingerprint density at radius 3 is 0.890 bits per heavy atom. The summed E-state index contributed by atoms with van der Waals surface area (Å²) in [6.45, 7) is 11.0. The molecule has 0 bridgehead atoms. The number of carboxylic acids is 2. The molecule has 0 fully saturated rings. The average Bonchev–Trinajstić information content (AvgIpc) is 1.71. The van der Waals surface area contributed by atoms with Crippen LogP contribution >= 0.6 is 46.4 Å². The molecule has 24 heteroatoms. The van der Waals surface area contributed by atoms with Crippen LogP contribution in [0.15, 0.2) is 170 Å². The Kier molecular flexibility index (Phi) is 22.4. The molecule has 12 aromatic rings. The molecular formula is C76H58Cl4F6N4O10. The fourth-order valence-electron chi connectivity index (χ4n) is 11.9. The van der Waals surface area contributed by atoms with Gasteiger partial charge in [0, 0.05) is 93.7 Å². The van der Waals surface area contributed by atoms with E-state index < -0.39 is 65.9 Å². The lowest BCUT2D eigenvalue weighted by Gasteiger charge is -2.13. The van der Waals surface area contributed by atoms with Crippen molar-refractivity contribution in [2.24, 2.45) is 0 Å². The smallest absolute Gasteiger partial charge is 0.432 e. The van der Waals surface area contributed by atoms with Gasteiger partial charge in [-0.05, 0) is 204 Å². The highest BCUT2D eigenvalue weighted by Crippen LogP contribution is 2.42. The van der Waals surface area contributed by atoms with Gasteiger partial charge in [0.2, 0.25) is 0 Å². The number of nitrogens with zero attached hydrogens (tertiary/aromatic N) is 4. The maximum atomic E-state index is 13.9. The predicted molar refractivity (Wildman–Crippen MR) is 373 cm³/mol. The van der Waals surface area contributed by atoms with Gasteiger partial charge in [-0.25, -0.2) is 0 Å². The Labute approximate surface area is 587 Å². The Bertz CT molecular complexity index is 5220. The molecule has 512 valence electrons. The summed E-state index contributed by atoms with van der Waals surface area (Å²) in [7, 11) is 0. The van der Waals surface area contributed by atoms with Gasteiger partial charge in [-0.3, -0.25) is 47.0 Å². The van der Waals surface area contributed by atoms with Gasteiger partial charge in [0.1, 0.15) is 24.0 Å². The molecule has 12 rings (SSSR count). The van der Waals surface area contributed by atoms with Crippen LogP contribution in [-0.2, 0) is 57.2 Å². The first-order chi connectivity index (χ1) is 47.2. The van der Waals surface area contributed by atoms with Crippen LogP contribution in [0.2, 0.25) is 20.1 Å². The van der Waals surface area contributed by atoms with Crippen molar-refractivity contribution in [3.8, 4) is 0 Å². The van der Waals surface area contributed by atoms with Gasteiger partial charge in [-0.15, -0.1) is 0 Å². The minimum atomic E-state index is -4.92. The van der Waals surface area contributed by atoms with Crippen LogP contribution in [0, 0.1) is 41.5 Å². The molecule has 14 nitrogen and oxygen atoms in total. The van der Waals surface area contributed by atoms with Gasteiger partial charge in [-0.2, -0.15) is 26.3 Å². The molecule has 4 aromatic heterocycles. The maximum absolute atomic E-state index is 13.9. The number of alkyl halides is 6. The van der Waals surface area contributed by atoms with Crippen molar-refractivity contribution in [1.29, 1.82) is 0 Å². The van der Waals surface area contributed by atoms with E-state index in [1.807, 2.05) is 57.2 Å². The summed E-state index contributed by atoms with van der Waals surface area (Å²) in [6.07, 6.45) is -9.54. The lowest BCUT2D eigenvalue weighted by molar-refractivity contribution is -0.144. The molecule has 4 heterocycles. The molecule has 0 saturated carbocycles. The van der Waals surface area contributed by atoms with Crippen molar-refractivity contribution in [3.05, 3.63) is 279 Å². The molecule has 0 amide bonds. The number of aryl methyl sites for hydroxylation is 4. The molecule has 0 aliphatic heterocycles. The quantitative estimate of drug-likeness (QED) is 0.0877. The Morgan fingerprint density at radius 1 is 0.350 bits per heavy atom. The fraction of sp³-hybridized carbons (Fsp3) is 0.158. The van der Waals surface area contributed by atoms with E-state index in [0.29, 0.717) is 75.4 Å². The number of hydrogen-bond acceptors (Lipinski definition) is 8. The van der Waals surface area contributed by atoms with Crippen LogP contribution in [0.5, 0.6) is 0 Å². The van der Waals surface area contributed by atoms with Gasteiger partial charge in [0.05, 0.1) is 34.9 Å². The van der Waals surface area contributed by atoms with Gasteiger partial charge in [0.15, 0.2) is 0 Å². The number of benzene rings is 8.